The van der Waals surface area contributed by atoms with Gasteiger partial charge in [-0.1, -0.05) is 6.07 Å². The van der Waals surface area contributed by atoms with Crippen LogP contribution in [0.1, 0.15) is 11.3 Å². The molecule has 2 heterocycles. The molecule has 0 radical (unpaired) electrons. The van der Waals surface area contributed by atoms with Crippen molar-refractivity contribution in [1.82, 2.24) is 10.2 Å². The summed E-state index contributed by atoms with van der Waals surface area (Å²) in [6.07, 6.45) is -4.56. The van der Waals surface area contributed by atoms with Gasteiger partial charge in [0.2, 0.25) is 0 Å². The van der Waals surface area contributed by atoms with Crippen LogP contribution in [0.2, 0.25) is 0 Å². The first-order valence-electron chi connectivity index (χ1n) is 7.51. The minimum absolute atomic E-state index is 0.0451. The number of aromatic nitrogens is 2. The summed E-state index contributed by atoms with van der Waals surface area (Å²) >= 11 is 0.829. The second-order valence-corrected chi connectivity index (χ2v) is 8.52. The van der Waals surface area contributed by atoms with E-state index in [1.807, 2.05) is 5.10 Å². The van der Waals surface area contributed by atoms with Gasteiger partial charge in [0.1, 0.15) is 21.3 Å². The fraction of sp³-hybridized carbons (Fsp3) is 0.188. The number of thiophene rings is 1. The molecule has 1 aromatic carbocycles. The Morgan fingerprint density at radius 3 is 2.59 bits per heavy atom. The van der Waals surface area contributed by atoms with Crippen LogP contribution in [0.4, 0.5) is 18.9 Å². The van der Waals surface area contributed by atoms with Gasteiger partial charge in [-0.2, -0.15) is 18.3 Å². The Morgan fingerprint density at radius 2 is 1.96 bits per heavy atom. The second kappa shape index (κ2) is 6.89. The zero-order chi connectivity index (χ0) is 19.8. The maximum absolute atomic E-state index is 12.9. The number of H-pyrrole nitrogens is 1. The number of rotatable bonds is 5. The van der Waals surface area contributed by atoms with Crippen LogP contribution in [0, 0.1) is 6.92 Å². The summed E-state index contributed by atoms with van der Waals surface area (Å²) in [5.74, 6) is 0.480. The van der Waals surface area contributed by atoms with E-state index in [9.17, 15) is 21.6 Å². The minimum Gasteiger partial charge on any atom is -0.497 e. The van der Waals surface area contributed by atoms with Crippen molar-refractivity contribution in [3.05, 3.63) is 47.7 Å². The zero-order valence-corrected chi connectivity index (χ0v) is 15.7. The highest BCUT2D eigenvalue weighted by molar-refractivity contribution is 7.94. The number of halogens is 3. The van der Waals surface area contributed by atoms with Crippen LogP contribution in [0.3, 0.4) is 0 Å². The number of nitrogens with zero attached hydrogens (tertiary/aromatic N) is 1. The van der Waals surface area contributed by atoms with E-state index in [1.165, 1.54) is 32.2 Å². The molecule has 0 aliphatic heterocycles. The number of hydrogen-bond donors (Lipinski definition) is 2. The molecule has 6 nitrogen and oxygen atoms in total. The maximum atomic E-state index is 12.9. The highest BCUT2D eigenvalue weighted by atomic mass is 32.2. The molecule has 0 aliphatic carbocycles. The van der Waals surface area contributed by atoms with E-state index in [0.717, 1.165) is 11.3 Å². The number of nitrogens with one attached hydrogen (secondary N) is 2. The van der Waals surface area contributed by atoms with Crippen LogP contribution in [0.5, 0.6) is 5.75 Å². The lowest BCUT2D eigenvalue weighted by molar-refractivity contribution is -0.141. The van der Waals surface area contributed by atoms with Crippen molar-refractivity contribution in [2.24, 2.45) is 0 Å². The van der Waals surface area contributed by atoms with Gasteiger partial charge in [0.05, 0.1) is 17.7 Å². The molecule has 3 rings (SSSR count). The average molecular weight is 417 g/mol. The third-order valence-electron chi connectivity index (χ3n) is 3.69. The van der Waals surface area contributed by atoms with Gasteiger partial charge in [-0.25, -0.2) is 8.42 Å². The van der Waals surface area contributed by atoms with Gasteiger partial charge in [0.15, 0.2) is 0 Å². The van der Waals surface area contributed by atoms with E-state index < -0.39 is 21.9 Å². The Kier molecular flexibility index (Phi) is 4.91. The molecular formula is C16H14F3N3O3S2. The summed E-state index contributed by atoms with van der Waals surface area (Å²) in [4.78, 5) is 0.310. The van der Waals surface area contributed by atoms with Gasteiger partial charge in [-0.3, -0.25) is 9.82 Å². The van der Waals surface area contributed by atoms with E-state index in [1.54, 1.807) is 18.2 Å². The summed E-state index contributed by atoms with van der Waals surface area (Å²) in [5, 5.41) is 5.65. The lowest BCUT2D eigenvalue weighted by Gasteiger charge is -2.07. The van der Waals surface area contributed by atoms with Crippen LogP contribution in [0.15, 0.2) is 40.6 Å². The molecule has 0 aliphatic rings. The molecule has 0 spiro atoms. The van der Waals surface area contributed by atoms with Crippen molar-refractivity contribution in [3.63, 3.8) is 0 Å². The standard InChI is InChI=1S/C16H14F3N3O3S2/c1-9-14(20-21-15(9)16(17,18)19)12-6-7-13(26-12)27(23,24)22-10-4-3-5-11(8-10)25-2/h3-8,22H,1-2H3,(H,20,21). The van der Waals surface area contributed by atoms with Crippen molar-refractivity contribution in [2.75, 3.05) is 11.8 Å². The smallest absolute Gasteiger partial charge is 0.433 e. The lowest BCUT2D eigenvalue weighted by atomic mass is 10.2. The minimum atomic E-state index is -4.56. The first-order chi connectivity index (χ1) is 12.6. The number of hydrogen-bond acceptors (Lipinski definition) is 5. The molecule has 0 unspecified atom stereocenters. The molecular weight excluding hydrogens is 403 g/mol. The molecule has 144 valence electrons. The van der Waals surface area contributed by atoms with Gasteiger partial charge >= 0.3 is 6.18 Å². The summed E-state index contributed by atoms with van der Waals surface area (Å²) in [6, 6.07) is 9.11. The maximum Gasteiger partial charge on any atom is 0.433 e. The molecule has 0 atom stereocenters. The third-order valence-corrected chi connectivity index (χ3v) is 6.66. The van der Waals surface area contributed by atoms with E-state index in [4.69, 9.17) is 4.74 Å². The summed E-state index contributed by atoms with van der Waals surface area (Å²) in [7, 11) is -2.45. The summed E-state index contributed by atoms with van der Waals surface area (Å²) in [5.41, 5.74) is -0.673. The van der Waals surface area contributed by atoms with Gasteiger partial charge in [-0.05, 0) is 31.2 Å². The number of methoxy groups -OCH3 is 1. The first-order valence-corrected chi connectivity index (χ1v) is 9.81. The van der Waals surface area contributed by atoms with Gasteiger partial charge in [0.25, 0.3) is 10.0 Å². The third kappa shape index (κ3) is 3.93. The van der Waals surface area contributed by atoms with Crippen molar-refractivity contribution < 1.29 is 26.3 Å². The average Bonchev–Trinajstić information content (AvgIpc) is 3.21. The van der Waals surface area contributed by atoms with Crippen LogP contribution in [-0.2, 0) is 16.2 Å². The Labute approximate surface area is 157 Å². The molecule has 2 N–H and O–H groups in total. The van der Waals surface area contributed by atoms with Crippen molar-refractivity contribution in [2.45, 2.75) is 17.3 Å². The number of anilines is 1. The Bertz CT molecular complexity index is 1070. The second-order valence-electron chi connectivity index (χ2n) is 5.53. The predicted octanol–water partition coefficient (Wildman–Crippen LogP) is 4.27. The molecule has 27 heavy (non-hydrogen) atoms. The Balaban J connectivity index is 1.90. The van der Waals surface area contributed by atoms with Gasteiger partial charge in [-0.15, -0.1) is 11.3 Å². The molecule has 0 fully saturated rings. The Hall–Kier alpha value is -2.53. The quantitative estimate of drug-likeness (QED) is 0.649. The van der Waals surface area contributed by atoms with Crippen molar-refractivity contribution in [1.29, 1.82) is 0 Å². The van der Waals surface area contributed by atoms with E-state index in [-0.39, 0.29) is 15.5 Å². The summed E-state index contributed by atoms with van der Waals surface area (Å²) < 4.78 is 71.2. The molecule has 0 saturated carbocycles. The highest BCUT2D eigenvalue weighted by Gasteiger charge is 2.36. The van der Waals surface area contributed by atoms with E-state index in [0.29, 0.717) is 16.3 Å². The molecule has 0 bridgehead atoms. The van der Waals surface area contributed by atoms with Crippen LogP contribution in [0.25, 0.3) is 10.6 Å². The normalized spacial score (nSPS) is 12.2. The highest BCUT2D eigenvalue weighted by Crippen LogP contribution is 2.37. The van der Waals surface area contributed by atoms with Crippen LogP contribution >= 0.6 is 11.3 Å². The number of alkyl halides is 3. The van der Waals surface area contributed by atoms with Crippen molar-refractivity contribution >= 4 is 27.0 Å². The molecule has 0 amide bonds. The predicted molar refractivity (Wildman–Crippen MR) is 95.4 cm³/mol. The monoisotopic (exact) mass is 417 g/mol. The number of benzene rings is 1. The largest absolute Gasteiger partial charge is 0.497 e. The number of aromatic amines is 1. The fourth-order valence-corrected chi connectivity index (χ4v) is 4.80. The molecule has 0 saturated heterocycles. The number of sulfonamides is 1. The zero-order valence-electron chi connectivity index (χ0n) is 14.1. The molecule has 3 aromatic rings. The topological polar surface area (TPSA) is 84.1 Å². The number of ether oxygens (including phenoxy) is 1. The van der Waals surface area contributed by atoms with Crippen LogP contribution in [-0.4, -0.2) is 25.7 Å². The van der Waals surface area contributed by atoms with Crippen molar-refractivity contribution in [3.8, 4) is 16.3 Å². The van der Waals surface area contributed by atoms with Gasteiger partial charge < -0.3 is 4.74 Å². The molecule has 11 heteroatoms. The van der Waals surface area contributed by atoms with Crippen LogP contribution < -0.4 is 9.46 Å². The Morgan fingerprint density at radius 1 is 1.22 bits per heavy atom. The van der Waals surface area contributed by atoms with Gasteiger partial charge in [0, 0.05) is 11.6 Å². The lowest BCUT2D eigenvalue weighted by Crippen LogP contribution is -2.11. The van der Waals surface area contributed by atoms with E-state index in [2.05, 4.69) is 9.82 Å². The molecule has 2 aromatic heterocycles. The van der Waals surface area contributed by atoms with E-state index >= 15 is 0 Å². The first kappa shape index (κ1) is 19.2. The SMILES string of the molecule is COc1cccc(NS(=O)(=O)c2ccc(-c3n[nH]c(C(F)(F)F)c3C)s2)c1. The summed E-state index contributed by atoms with van der Waals surface area (Å²) in [6.45, 7) is 1.28. The fourth-order valence-electron chi connectivity index (χ4n) is 2.40.